The Kier molecular flexibility index (Phi) is 4.84. The fraction of sp³-hybridized carbons (Fsp3) is 0.500. The number of hydrogen-bond donors (Lipinski definition) is 1. The van der Waals surface area contributed by atoms with Crippen molar-refractivity contribution in [3.63, 3.8) is 0 Å². The fourth-order valence-electron chi connectivity index (χ4n) is 2.22. The predicted molar refractivity (Wildman–Crippen MR) is 70.5 cm³/mol. The van der Waals surface area contributed by atoms with Gasteiger partial charge >= 0.3 is 6.18 Å². The number of alkyl halides is 3. The van der Waals surface area contributed by atoms with E-state index in [1.165, 1.54) is 12.1 Å². The van der Waals surface area contributed by atoms with Gasteiger partial charge in [-0.1, -0.05) is 12.1 Å². The lowest BCUT2D eigenvalue weighted by Gasteiger charge is -2.31. The minimum absolute atomic E-state index is 0.188. The Hall–Kier alpha value is -1.60. The summed E-state index contributed by atoms with van der Waals surface area (Å²) in [6.07, 6.45) is -4.85. The van der Waals surface area contributed by atoms with Crippen LogP contribution < -0.4 is 5.32 Å². The van der Waals surface area contributed by atoms with E-state index in [1.54, 1.807) is 7.05 Å². The van der Waals surface area contributed by atoms with Crippen molar-refractivity contribution in [3.8, 4) is 0 Å². The third kappa shape index (κ3) is 4.18. The second-order valence-electron chi connectivity index (χ2n) is 4.90. The molecule has 7 heteroatoms. The molecule has 1 aliphatic heterocycles. The van der Waals surface area contributed by atoms with E-state index in [0.717, 1.165) is 17.7 Å². The van der Waals surface area contributed by atoms with Crippen molar-refractivity contribution in [2.24, 2.45) is 0 Å². The van der Waals surface area contributed by atoms with Crippen LogP contribution in [-0.4, -0.2) is 43.7 Å². The number of carbonyl (C=O) groups is 1. The van der Waals surface area contributed by atoms with Crippen molar-refractivity contribution < 1.29 is 22.7 Å². The highest BCUT2D eigenvalue weighted by Crippen LogP contribution is 2.29. The SMILES string of the molecule is CNC(=O)C1CN(Cc2ccc(C(F)(F)F)cc2)CCO1. The zero-order valence-electron chi connectivity index (χ0n) is 11.6. The molecular weight excluding hydrogens is 285 g/mol. The molecule has 0 aromatic heterocycles. The summed E-state index contributed by atoms with van der Waals surface area (Å²) in [5, 5.41) is 2.53. The molecule has 0 saturated carbocycles. The summed E-state index contributed by atoms with van der Waals surface area (Å²) in [6, 6.07) is 5.08. The molecule has 2 rings (SSSR count). The lowest BCUT2D eigenvalue weighted by molar-refractivity contribution is -0.138. The number of hydrogen-bond acceptors (Lipinski definition) is 3. The molecule has 1 saturated heterocycles. The minimum Gasteiger partial charge on any atom is -0.366 e. The molecule has 4 nitrogen and oxygen atoms in total. The molecule has 1 aromatic carbocycles. The lowest BCUT2D eigenvalue weighted by Crippen LogP contribution is -2.48. The van der Waals surface area contributed by atoms with Gasteiger partial charge in [0.05, 0.1) is 12.2 Å². The molecule has 1 amide bonds. The van der Waals surface area contributed by atoms with Crippen molar-refractivity contribution in [1.29, 1.82) is 0 Å². The van der Waals surface area contributed by atoms with Gasteiger partial charge in [-0.2, -0.15) is 13.2 Å². The van der Waals surface area contributed by atoms with Gasteiger partial charge in [0, 0.05) is 26.7 Å². The van der Waals surface area contributed by atoms with Crippen LogP contribution in [-0.2, 0) is 22.3 Å². The zero-order chi connectivity index (χ0) is 15.5. The van der Waals surface area contributed by atoms with E-state index in [9.17, 15) is 18.0 Å². The van der Waals surface area contributed by atoms with Gasteiger partial charge in [-0.25, -0.2) is 0 Å². The summed E-state index contributed by atoms with van der Waals surface area (Å²) in [5.74, 6) is -0.188. The summed E-state index contributed by atoms with van der Waals surface area (Å²) < 4.78 is 42.8. The molecule has 1 fully saturated rings. The maximum Gasteiger partial charge on any atom is 0.416 e. The van der Waals surface area contributed by atoms with Crippen molar-refractivity contribution in [2.45, 2.75) is 18.8 Å². The van der Waals surface area contributed by atoms with Gasteiger partial charge in [0.25, 0.3) is 0 Å². The molecule has 21 heavy (non-hydrogen) atoms. The standard InChI is InChI=1S/C14H17F3N2O2/c1-18-13(20)12-9-19(6-7-21-12)8-10-2-4-11(5-3-10)14(15,16)17/h2-5,12H,6-9H2,1H3,(H,18,20). The highest BCUT2D eigenvalue weighted by molar-refractivity contribution is 5.80. The summed E-state index contributed by atoms with van der Waals surface area (Å²) in [4.78, 5) is 13.5. The minimum atomic E-state index is -4.32. The lowest BCUT2D eigenvalue weighted by atomic mass is 10.1. The van der Waals surface area contributed by atoms with E-state index in [0.29, 0.717) is 26.2 Å². The Morgan fingerprint density at radius 1 is 1.38 bits per heavy atom. The van der Waals surface area contributed by atoms with Gasteiger partial charge in [0.1, 0.15) is 6.10 Å². The number of halogens is 3. The number of ether oxygens (including phenoxy) is 1. The Bertz CT molecular complexity index is 488. The normalized spacial score (nSPS) is 20.3. The Morgan fingerprint density at radius 3 is 2.62 bits per heavy atom. The summed E-state index contributed by atoms with van der Waals surface area (Å²) in [5.41, 5.74) is 0.122. The first-order valence-corrected chi connectivity index (χ1v) is 6.62. The smallest absolute Gasteiger partial charge is 0.366 e. The Balaban J connectivity index is 1.96. The number of nitrogens with one attached hydrogen (secondary N) is 1. The molecule has 116 valence electrons. The molecule has 1 aromatic rings. The molecular formula is C14H17F3N2O2. The number of benzene rings is 1. The number of amides is 1. The molecule has 0 bridgehead atoms. The Morgan fingerprint density at radius 2 is 2.05 bits per heavy atom. The highest BCUT2D eigenvalue weighted by atomic mass is 19.4. The van der Waals surface area contributed by atoms with E-state index in [1.807, 2.05) is 4.90 Å². The van der Waals surface area contributed by atoms with Crippen molar-refractivity contribution >= 4 is 5.91 Å². The molecule has 1 atom stereocenters. The van der Waals surface area contributed by atoms with Crippen LogP contribution in [0.25, 0.3) is 0 Å². The number of carbonyl (C=O) groups excluding carboxylic acids is 1. The largest absolute Gasteiger partial charge is 0.416 e. The maximum atomic E-state index is 12.5. The summed E-state index contributed by atoms with van der Waals surface area (Å²) in [6.45, 7) is 2.00. The maximum absolute atomic E-state index is 12.5. The van der Waals surface area contributed by atoms with Gasteiger partial charge < -0.3 is 10.1 Å². The first-order chi connectivity index (χ1) is 9.90. The van der Waals surface area contributed by atoms with Gasteiger partial charge in [0.2, 0.25) is 5.91 Å². The fourth-order valence-corrected chi connectivity index (χ4v) is 2.22. The van der Waals surface area contributed by atoms with E-state index in [2.05, 4.69) is 5.32 Å². The molecule has 1 heterocycles. The van der Waals surface area contributed by atoms with Crippen LogP contribution in [0.2, 0.25) is 0 Å². The summed E-state index contributed by atoms with van der Waals surface area (Å²) >= 11 is 0. The van der Waals surface area contributed by atoms with Gasteiger partial charge in [-0.15, -0.1) is 0 Å². The average molecular weight is 302 g/mol. The molecule has 0 aliphatic carbocycles. The van der Waals surface area contributed by atoms with Crippen LogP contribution in [0.3, 0.4) is 0 Å². The first-order valence-electron chi connectivity index (χ1n) is 6.62. The molecule has 0 spiro atoms. The van der Waals surface area contributed by atoms with Crippen LogP contribution in [0.4, 0.5) is 13.2 Å². The number of likely N-dealkylation sites (N-methyl/N-ethyl adjacent to an activating group) is 1. The molecule has 1 N–H and O–H groups in total. The monoisotopic (exact) mass is 302 g/mol. The van der Waals surface area contributed by atoms with E-state index in [-0.39, 0.29) is 5.91 Å². The molecule has 1 unspecified atom stereocenters. The van der Waals surface area contributed by atoms with Crippen molar-refractivity contribution in [3.05, 3.63) is 35.4 Å². The highest BCUT2D eigenvalue weighted by Gasteiger charge is 2.30. The van der Waals surface area contributed by atoms with Crippen molar-refractivity contribution in [2.75, 3.05) is 26.7 Å². The number of morpholine rings is 1. The third-order valence-corrected chi connectivity index (χ3v) is 3.38. The van der Waals surface area contributed by atoms with Gasteiger partial charge in [0.15, 0.2) is 0 Å². The van der Waals surface area contributed by atoms with E-state index in [4.69, 9.17) is 4.74 Å². The zero-order valence-corrected chi connectivity index (χ0v) is 11.6. The predicted octanol–water partition coefficient (Wildman–Crippen LogP) is 1.65. The Labute approximate surface area is 120 Å². The van der Waals surface area contributed by atoms with Crippen LogP contribution in [0.15, 0.2) is 24.3 Å². The summed E-state index contributed by atoms with van der Waals surface area (Å²) in [7, 11) is 1.54. The van der Waals surface area contributed by atoms with Gasteiger partial charge in [-0.05, 0) is 17.7 Å². The third-order valence-electron chi connectivity index (χ3n) is 3.38. The van der Waals surface area contributed by atoms with Crippen LogP contribution >= 0.6 is 0 Å². The second-order valence-corrected chi connectivity index (χ2v) is 4.90. The quantitative estimate of drug-likeness (QED) is 0.923. The van der Waals surface area contributed by atoms with Gasteiger partial charge in [-0.3, -0.25) is 9.69 Å². The van der Waals surface area contributed by atoms with E-state index >= 15 is 0 Å². The average Bonchev–Trinajstić information content (AvgIpc) is 2.46. The first kappa shape index (κ1) is 15.8. The van der Waals surface area contributed by atoms with Crippen LogP contribution in [0.5, 0.6) is 0 Å². The van der Waals surface area contributed by atoms with Crippen LogP contribution in [0.1, 0.15) is 11.1 Å². The van der Waals surface area contributed by atoms with E-state index < -0.39 is 17.8 Å². The molecule has 1 aliphatic rings. The van der Waals surface area contributed by atoms with Crippen molar-refractivity contribution in [1.82, 2.24) is 10.2 Å². The topological polar surface area (TPSA) is 41.6 Å². The number of nitrogens with zero attached hydrogens (tertiary/aromatic N) is 1. The second kappa shape index (κ2) is 6.44. The van der Waals surface area contributed by atoms with Crippen LogP contribution in [0, 0.1) is 0 Å². The number of rotatable bonds is 3. The molecule has 0 radical (unpaired) electrons.